The lowest BCUT2D eigenvalue weighted by Gasteiger charge is -2.18. The Morgan fingerprint density at radius 2 is 2.04 bits per heavy atom. The van der Waals surface area contributed by atoms with Gasteiger partial charge in [-0.15, -0.1) is 0 Å². The number of amides is 2. The van der Waals surface area contributed by atoms with E-state index in [0.29, 0.717) is 27.7 Å². The van der Waals surface area contributed by atoms with Crippen molar-refractivity contribution >= 4 is 29.0 Å². The average Bonchev–Trinajstić information content (AvgIpc) is 2.64. The highest BCUT2D eigenvalue weighted by Crippen LogP contribution is 2.33. The first-order chi connectivity index (χ1) is 12.4. The number of methoxy groups -OCH3 is 2. The molecule has 0 unspecified atom stereocenters. The lowest BCUT2D eigenvalue weighted by Crippen LogP contribution is -2.21. The van der Waals surface area contributed by atoms with Crippen LogP contribution in [0.1, 0.15) is 29.8 Å². The molecule has 1 atom stereocenters. The van der Waals surface area contributed by atoms with E-state index in [1.807, 2.05) is 13.0 Å². The summed E-state index contributed by atoms with van der Waals surface area (Å²) in [5, 5.41) is 14.8. The maximum Gasteiger partial charge on any atom is 0.323 e. The molecule has 0 saturated heterocycles. The zero-order valence-electron chi connectivity index (χ0n) is 14.8. The first kappa shape index (κ1) is 19.4. The summed E-state index contributed by atoms with van der Waals surface area (Å²) in [7, 11) is 2.96. The summed E-state index contributed by atoms with van der Waals surface area (Å²) in [5.41, 5.74) is 2.23. The van der Waals surface area contributed by atoms with E-state index in [-0.39, 0.29) is 17.5 Å². The van der Waals surface area contributed by atoms with Crippen molar-refractivity contribution in [3.8, 4) is 11.9 Å². The summed E-state index contributed by atoms with van der Waals surface area (Å²) in [6.45, 7) is 3.58. The Labute approximate surface area is 156 Å². The molecule has 2 aromatic heterocycles. The summed E-state index contributed by atoms with van der Waals surface area (Å²) >= 11 is 6.31. The number of nitrogens with zero attached hydrogens (tertiary/aromatic N) is 3. The third-order valence-corrected chi connectivity index (χ3v) is 4.14. The minimum atomic E-state index is -0.535. The molecule has 26 heavy (non-hydrogen) atoms. The van der Waals surface area contributed by atoms with Crippen molar-refractivity contribution in [1.82, 2.24) is 9.97 Å². The largest absolute Gasteiger partial charge is 0.480 e. The smallest absolute Gasteiger partial charge is 0.323 e. The van der Waals surface area contributed by atoms with Crippen molar-refractivity contribution in [2.45, 2.75) is 20.0 Å². The molecule has 0 saturated carbocycles. The van der Waals surface area contributed by atoms with Crippen LogP contribution < -0.4 is 15.4 Å². The molecule has 0 aliphatic rings. The van der Waals surface area contributed by atoms with Crippen LogP contribution in [0.3, 0.4) is 0 Å². The Hall–Kier alpha value is -2.89. The number of carbonyl (C=O) groups excluding carboxylic acids is 1. The van der Waals surface area contributed by atoms with E-state index in [1.165, 1.54) is 25.6 Å². The number of rotatable bonds is 5. The maximum absolute atomic E-state index is 12.3. The number of anilines is 2. The van der Waals surface area contributed by atoms with Crippen LogP contribution in [0, 0.1) is 18.3 Å². The number of ether oxygens (including phenoxy) is 2. The number of aryl methyl sites for hydroxylation is 1. The highest BCUT2D eigenvalue weighted by molar-refractivity contribution is 6.32. The first-order valence-electron chi connectivity index (χ1n) is 7.61. The molecule has 0 radical (unpaired) electrons. The van der Waals surface area contributed by atoms with E-state index in [4.69, 9.17) is 26.3 Å². The molecular formula is C17H18ClN5O3. The molecule has 2 aromatic rings. The van der Waals surface area contributed by atoms with Crippen LogP contribution in [-0.2, 0) is 4.74 Å². The fourth-order valence-electron chi connectivity index (χ4n) is 2.26. The number of hydrogen-bond donors (Lipinski definition) is 2. The molecule has 8 nitrogen and oxygen atoms in total. The van der Waals surface area contributed by atoms with E-state index in [1.54, 1.807) is 14.0 Å². The Morgan fingerprint density at radius 3 is 2.65 bits per heavy atom. The van der Waals surface area contributed by atoms with Crippen molar-refractivity contribution < 1.29 is 14.3 Å². The fraction of sp³-hybridized carbons (Fsp3) is 0.294. The lowest BCUT2D eigenvalue weighted by atomic mass is 10.1. The Bertz CT molecular complexity index is 866. The molecule has 0 aliphatic heterocycles. The standard InChI is InChI=1S/C17H18ClN5O3/c1-9-15(18)14(10(2)25-3)13(8-20-9)23-17(24)22-12-5-11(6-19)16(26-4)21-7-12/h5,7-8,10H,1-4H3,(H2,22,23,24)/t10-/m0/s1. The number of halogens is 1. The van der Waals surface area contributed by atoms with E-state index < -0.39 is 6.03 Å². The van der Waals surface area contributed by atoms with Gasteiger partial charge >= 0.3 is 6.03 Å². The van der Waals surface area contributed by atoms with Crippen LogP contribution in [0.4, 0.5) is 16.2 Å². The van der Waals surface area contributed by atoms with Crippen molar-refractivity contribution in [1.29, 1.82) is 5.26 Å². The normalized spacial score (nSPS) is 11.4. The lowest BCUT2D eigenvalue weighted by molar-refractivity contribution is 0.120. The van der Waals surface area contributed by atoms with Crippen LogP contribution in [0.15, 0.2) is 18.5 Å². The Balaban J connectivity index is 2.23. The molecule has 0 fully saturated rings. The van der Waals surface area contributed by atoms with Gasteiger partial charge < -0.3 is 20.1 Å². The van der Waals surface area contributed by atoms with E-state index >= 15 is 0 Å². The monoisotopic (exact) mass is 375 g/mol. The molecule has 2 amide bonds. The first-order valence-corrected chi connectivity index (χ1v) is 7.99. The van der Waals surface area contributed by atoms with Crippen molar-refractivity contribution in [3.63, 3.8) is 0 Å². The second-order valence-corrected chi connectivity index (χ2v) is 5.71. The van der Waals surface area contributed by atoms with Gasteiger partial charge in [0.25, 0.3) is 0 Å². The third-order valence-electron chi connectivity index (χ3n) is 3.66. The molecule has 9 heteroatoms. The van der Waals surface area contributed by atoms with Crippen LogP contribution in [0.2, 0.25) is 5.02 Å². The van der Waals surface area contributed by atoms with Gasteiger partial charge in [0.05, 0.1) is 47.7 Å². The van der Waals surface area contributed by atoms with Gasteiger partial charge in [-0.3, -0.25) is 4.98 Å². The minimum absolute atomic E-state index is 0.184. The number of pyridine rings is 2. The van der Waals surface area contributed by atoms with E-state index in [2.05, 4.69) is 20.6 Å². The zero-order valence-corrected chi connectivity index (χ0v) is 15.5. The van der Waals surface area contributed by atoms with Gasteiger partial charge in [-0.1, -0.05) is 11.6 Å². The van der Waals surface area contributed by atoms with E-state index in [0.717, 1.165) is 0 Å². The van der Waals surface area contributed by atoms with Crippen LogP contribution in [0.5, 0.6) is 5.88 Å². The van der Waals surface area contributed by atoms with Crippen molar-refractivity contribution in [3.05, 3.63) is 40.3 Å². The van der Waals surface area contributed by atoms with Gasteiger partial charge in [-0.2, -0.15) is 5.26 Å². The maximum atomic E-state index is 12.3. The Morgan fingerprint density at radius 1 is 1.31 bits per heavy atom. The number of hydrogen-bond acceptors (Lipinski definition) is 6. The molecule has 0 aliphatic carbocycles. The number of nitriles is 1. The highest BCUT2D eigenvalue weighted by atomic mass is 35.5. The predicted octanol–water partition coefficient (Wildman–Crippen LogP) is 3.67. The average molecular weight is 376 g/mol. The van der Waals surface area contributed by atoms with E-state index in [9.17, 15) is 4.79 Å². The molecule has 2 rings (SSSR count). The topological polar surface area (TPSA) is 109 Å². The number of carbonyl (C=O) groups is 1. The van der Waals surface area contributed by atoms with Gasteiger partial charge in [-0.25, -0.2) is 9.78 Å². The van der Waals surface area contributed by atoms with Crippen LogP contribution in [0.25, 0.3) is 0 Å². The quantitative estimate of drug-likeness (QED) is 0.825. The van der Waals surface area contributed by atoms with Gasteiger partial charge in [0, 0.05) is 12.7 Å². The van der Waals surface area contributed by atoms with Crippen molar-refractivity contribution in [2.24, 2.45) is 0 Å². The molecular weight excluding hydrogens is 358 g/mol. The molecule has 136 valence electrons. The number of aromatic nitrogens is 2. The third kappa shape index (κ3) is 4.20. The molecule has 2 heterocycles. The van der Waals surface area contributed by atoms with Crippen molar-refractivity contribution in [2.75, 3.05) is 24.9 Å². The second kappa shape index (κ2) is 8.47. The SMILES string of the molecule is COc1ncc(NC(=O)Nc2cnc(C)c(Cl)c2[C@H](C)OC)cc1C#N. The highest BCUT2D eigenvalue weighted by Gasteiger charge is 2.19. The molecule has 0 aromatic carbocycles. The number of urea groups is 1. The van der Waals surface area contributed by atoms with Gasteiger partial charge in [0.15, 0.2) is 0 Å². The van der Waals surface area contributed by atoms with Gasteiger partial charge in [0.1, 0.15) is 11.6 Å². The summed E-state index contributed by atoms with van der Waals surface area (Å²) in [6.07, 6.45) is 2.56. The molecule has 2 N–H and O–H groups in total. The van der Waals surface area contributed by atoms with Gasteiger partial charge in [0.2, 0.25) is 5.88 Å². The van der Waals surface area contributed by atoms with Crippen LogP contribution in [-0.4, -0.2) is 30.2 Å². The fourth-order valence-corrected chi connectivity index (χ4v) is 2.57. The predicted molar refractivity (Wildman–Crippen MR) is 97.6 cm³/mol. The summed E-state index contributed by atoms with van der Waals surface area (Å²) in [4.78, 5) is 20.5. The summed E-state index contributed by atoms with van der Waals surface area (Å²) < 4.78 is 10.3. The number of nitrogens with one attached hydrogen (secondary N) is 2. The second-order valence-electron chi connectivity index (χ2n) is 5.33. The summed E-state index contributed by atoms with van der Waals surface area (Å²) in [6, 6.07) is 2.88. The Kier molecular flexibility index (Phi) is 6.33. The van der Waals surface area contributed by atoms with Gasteiger partial charge in [-0.05, 0) is 19.9 Å². The minimum Gasteiger partial charge on any atom is -0.480 e. The summed E-state index contributed by atoms with van der Waals surface area (Å²) in [5.74, 6) is 0.184. The molecule has 0 spiro atoms. The zero-order chi connectivity index (χ0) is 19.3. The molecule has 0 bridgehead atoms. The van der Waals surface area contributed by atoms with Crippen LogP contribution >= 0.6 is 11.6 Å².